The number of aromatic nitrogens is 2. The molecule has 0 spiro atoms. The minimum atomic E-state index is -0.357. The highest BCUT2D eigenvalue weighted by Gasteiger charge is 2.21. The molecule has 0 N–H and O–H groups in total. The normalized spacial score (nSPS) is 14.6. The van der Waals surface area contributed by atoms with E-state index in [1.54, 1.807) is 30.2 Å². The Morgan fingerprint density at radius 2 is 2.17 bits per heavy atom. The number of hydrogen-bond acceptors (Lipinski definition) is 3. The maximum Gasteiger partial charge on any atom is 0.255 e. The molecule has 2 aromatic rings. The fourth-order valence-corrected chi connectivity index (χ4v) is 2.82. The van der Waals surface area contributed by atoms with Crippen LogP contribution in [-0.2, 0) is 0 Å². The second-order valence-corrected chi connectivity index (χ2v) is 5.78. The number of halogens is 2. The summed E-state index contributed by atoms with van der Waals surface area (Å²) >= 11 is 5.83. The first kappa shape index (κ1) is 15.6. The molecule has 1 aliphatic rings. The summed E-state index contributed by atoms with van der Waals surface area (Å²) in [7, 11) is 0. The Morgan fingerprint density at radius 1 is 1.35 bits per heavy atom. The molecule has 3 heterocycles. The molecule has 0 saturated heterocycles. The molecule has 2 aromatic heterocycles. The molecule has 118 valence electrons. The van der Waals surface area contributed by atoms with E-state index >= 15 is 0 Å². The van der Waals surface area contributed by atoms with Crippen LogP contribution in [0.25, 0.3) is 5.57 Å². The van der Waals surface area contributed by atoms with Crippen molar-refractivity contribution in [2.24, 2.45) is 0 Å². The predicted octanol–water partition coefficient (Wildman–Crippen LogP) is 3.51. The number of carbonyl (C=O) groups excluding carboxylic acids is 1. The van der Waals surface area contributed by atoms with Gasteiger partial charge in [-0.3, -0.25) is 9.78 Å². The van der Waals surface area contributed by atoms with Crippen molar-refractivity contribution in [2.45, 2.75) is 13.3 Å². The van der Waals surface area contributed by atoms with Gasteiger partial charge in [0.25, 0.3) is 5.91 Å². The Kier molecular flexibility index (Phi) is 4.39. The van der Waals surface area contributed by atoms with Crippen molar-refractivity contribution in [3.63, 3.8) is 0 Å². The lowest BCUT2D eigenvalue weighted by Gasteiger charge is -2.27. The first-order chi connectivity index (χ1) is 11.0. The van der Waals surface area contributed by atoms with Gasteiger partial charge in [-0.05, 0) is 42.7 Å². The monoisotopic (exact) mass is 331 g/mol. The van der Waals surface area contributed by atoms with Crippen LogP contribution < -0.4 is 0 Å². The zero-order valence-electron chi connectivity index (χ0n) is 12.6. The molecular formula is C17H15ClFN3O. The maximum absolute atomic E-state index is 13.3. The Labute approximate surface area is 138 Å². The van der Waals surface area contributed by atoms with Crippen molar-refractivity contribution in [3.8, 4) is 0 Å². The number of rotatable bonds is 2. The summed E-state index contributed by atoms with van der Waals surface area (Å²) in [4.78, 5) is 22.3. The summed E-state index contributed by atoms with van der Waals surface area (Å²) in [5.41, 5.74) is 2.94. The molecule has 1 aliphatic heterocycles. The molecule has 1 amide bonds. The van der Waals surface area contributed by atoms with Crippen molar-refractivity contribution < 1.29 is 9.18 Å². The van der Waals surface area contributed by atoms with Crippen LogP contribution in [0.4, 0.5) is 4.39 Å². The van der Waals surface area contributed by atoms with Gasteiger partial charge in [0, 0.05) is 19.3 Å². The third-order valence-electron chi connectivity index (χ3n) is 3.85. The van der Waals surface area contributed by atoms with Crippen molar-refractivity contribution in [1.29, 1.82) is 0 Å². The highest BCUT2D eigenvalue weighted by atomic mass is 35.5. The molecular weight excluding hydrogens is 317 g/mol. The summed E-state index contributed by atoms with van der Waals surface area (Å²) in [6.07, 6.45) is 5.42. The lowest BCUT2D eigenvalue weighted by Crippen LogP contribution is -2.35. The van der Waals surface area contributed by atoms with Crippen molar-refractivity contribution in [1.82, 2.24) is 14.9 Å². The molecule has 0 atom stereocenters. The summed E-state index contributed by atoms with van der Waals surface area (Å²) in [5, 5.41) is 0.374. The van der Waals surface area contributed by atoms with E-state index in [9.17, 15) is 9.18 Å². The molecule has 23 heavy (non-hydrogen) atoms. The van der Waals surface area contributed by atoms with Crippen LogP contribution in [0.15, 0.2) is 36.7 Å². The topological polar surface area (TPSA) is 46.1 Å². The number of hydrogen-bond donors (Lipinski definition) is 0. The number of pyridine rings is 2. The van der Waals surface area contributed by atoms with Crippen molar-refractivity contribution in [3.05, 3.63) is 64.5 Å². The van der Waals surface area contributed by atoms with E-state index in [0.29, 0.717) is 35.9 Å². The van der Waals surface area contributed by atoms with Gasteiger partial charge in [-0.25, -0.2) is 9.37 Å². The molecule has 0 radical (unpaired) electrons. The minimum Gasteiger partial charge on any atom is -0.335 e. The molecule has 0 bridgehead atoms. The molecule has 0 fully saturated rings. The lowest BCUT2D eigenvalue weighted by molar-refractivity contribution is 0.0771. The summed E-state index contributed by atoms with van der Waals surface area (Å²) in [5.74, 6) is -0.427. The number of carbonyl (C=O) groups is 1. The van der Waals surface area contributed by atoms with Crippen LogP contribution in [0.2, 0.25) is 5.15 Å². The van der Waals surface area contributed by atoms with E-state index in [1.165, 1.54) is 12.3 Å². The number of nitrogens with zero attached hydrogens (tertiary/aromatic N) is 3. The Bertz CT molecular complexity index is 791. The zero-order valence-corrected chi connectivity index (χ0v) is 13.3. The summed E-state index contributed by atoms with van der Waals surface area (Å²) in [6, 6.07) is 4.78. The molecule has 0 saturated carbocycles. The van der Waals surface area contributed by atoms with E-state index in [2.05, 4.69) is 9.97 Å². The number of aryl methyl sites for hydroxylation is 1. The van der Waals surface area contributed by atoms with Crippen molar-refractivity contribution >= 4 is 23.1 Å². The van der Waals surface area contributed by atoms with Gasteiger partial charge in [0.15, 0.2) is 0 Å². The van der Waals surface area contributed by atoms with Gasteiger partial charge >= 0.3 is 0 Å². The van der Waals surface area contributed by atoms with Gasteiger partial charge < -0.3 is 4.90 Å². The molecule has 4 nitrogen and oxygen atoms in total. The van der Waals surface area contributed by atoms with E-state index in [1.807, 2.05) is 6.08 Å². The average Bonchev–Trinajstić information content (AvgIpc) is 2.54. The minimum absolute atomic E-state index is 0.0701. The van der Waals surface area contributed by atoms with Gasteiger partial charge in [0.2, 0.25) is 0 Å². The highest BCUT2D eigenvalue weighted by Crippen LogP contribution is 2.23. The van der Waals surface area contributed by atoms with Gasteiger partial charge in [-0.15, -0.1) is 0 Å². The van der Waals surface area contributed by atoms with E-state index in [0.717, 1.165) is 11.1 Å². The van der Waals surface area contributed by atoms with Crippen LogP contribution in [0.1, 0.15) is 28.0 Å². The Balaban J connectivity index is 1.76. The van der Waals surface area contributed by atoms with Crippen LogP contribution in [0.5, 0.6) is 0 Å². The third-order valence-corrected chi connectivity index (χ3v) is 4.06. The number of amides is 1. The van der Waals surface area contributed by atoms with Crippen molar-refractivity contribution in [2.75, 3.05) is 13.1 Å². The molecule has 0 unspecified atom stereocenters. The van der Waals surface area contributed by atoms with Gasteiger partial charge in [0.05, 0.1) is 17.5 Å². The summed E-state index contributed by atoms with van der Waals surface area (Å²) in [6.45, 7) is 2.82. The standard InChI is InChI=1S/C17H15ClFN3O/c1-11-15(2-3-16(18)21-11)17(23)22-6-4-12(5-7-22)13-8-14(19)10-20-9-13/h2-4,8-10H,5-7H2,1H3. The van der Waals surface area contributed by atoms with E-state index in [4.69, 9.17) is 11.6 Å². The maximum atomic E-state index is 13.3. The van der Waals surface area contributed by atoms with Crippen LogP contribution in [-0.4, -0.2) is 33.9 Å². The Morgan fingerprint density at radius 3 is 2.83 bits per heavy atom. The first-order valence-corrected chi connectivity index (χ1v) is 7.65. The predicted molar refractivity (Wildman–Crippen MR) is 86.7 cm³/mol. The van der Waals surface area contributed by atoms with Gasteiger partial charge in [-0.2, -0.15) is 0 Å². The fraction of sp³-hybridized carbons (Fsp3) is 0.235. The highest BCUT2D eigenvalue weighted by molar-refractivity contribution is 6.29. The second kappa shape index (κ2) is 6.46. The quantitative estimate of drug-likeness (QED) is 0.791. The first-order valence-electron chi connectivity index (χ1n) is 7.27. The zero-order chi connectivity index (χ0) is 16.4. The summed E-state index contributed by atoms with van der Waals surface area (Å²) < 4.78 is 13.3. The van der Waals surface area contributed by atoms with E-state index < -0.39 is 0 Å². The average molecular weight is 332 g/mol. The molecule has 6 heteroatoms. The SMILES string of the molecule is Cc1nc(Cl)ccc1C(=O)N1CC=C(c2cncc(F)c2)CC1. The smallest absolute Gasteiger partial charge is 0.255 e. The third kappa shape index (κ3) is 3.40. The molecule has 0 aromatic carbocycles. The van der Waals surface area contributed by atoms with Crippen LogP contribution in [0.3, 0.4) is 0 Å². The van der Waals surface area contributed by atoms with Crippen LogP contribution >= 0.6 is 11.6 Å². The van der Waals surface area contributed by atoms with Gasteiger partial charge in [0.1, 0.15) is 11.0 Å². The van der Waals surface area contributed by atoms with Crippen LogP contribution in [0, 0.1) is 12.7 Å². The molecule has 3 rings (SSSR count). The largest absolute Gasteiger partial charge is 0.335 e. The van der Waals surface area contributed by atoms with E-state index in [-0.39, 0.29) is 11.7 Å². The van der Waals surface area contributed by atoms with Gasteiger partial charge in [-0.1, -0.05) is 17.7 Å². The Hall–Kier alpha value is -2.27. The second-order valence-electron chi connectivity index (χ2n) is 5.39. The lowest BCUT2D eigenvalue weighted by atomic mass is 10.0. The fourth-order valence-electron chi connectivity index (χ4n) is 2.63. The molecule has 0 aliphatic carbocycles.